The van der Waals surface area contributed by atoms with E-state index >= 15 is 0 Å². The summed E-state index contributed by atoms with van der Waals surface area (Å²) >= 11 is 0. The molecule has 118 valence electrons. The number of sulfonamides is 1. The first-order chi connectivity index (χ1) is 10.3. The van der Waals surface area contributed by atoms with Crippen LogP contribution in [0.15, 0.2) is 41.6 Å². The Bertz CT molecular complexity index is 768. The first-order valence-corrected chi connectivity index (χ1v) is 8.00. The molecule has 0 N–H and O–H groups in total. The Hall–Kier alpha value is -2.26. The molecule has 2 rings (SSSR count). The Morgan fingerprint density at radius 1 is 1.32 bits per heavy atom. The molecule has 22 heavy (non-hydrogen) atoms. The van der Waals surface area contributed by atoms with Crippen molar-refractivity contribution in [2.75, 3.05) is 7.05 Å². The highest BCUT2D eigenvalue weighted by Crippen LogP contribution is 2.20. The fraction of sp³-hybridized carbons (Fsp3) is 0.308. The zero-order chi connectivity index (χ0) is 16.3. The van der Waals surface area contributed by atoms with Gasteiger partial charge in [0, 0.05) is 44.0 Å². The molecular formula is C13H16N4O4S. The van der Waals surface area contributed by atoms with Crippen LogP contribution >= 0.6 is 0 Å². The predicted molar refractivity (Wildman–Crippen MR) is 79.7 cm³/mol. The summed E-state index contributed by atoms with van der Waals surface area (Å²) in [5.41, 5.74) is 0.626. The molecule has 1 aromatic heterocycles. The molecule has 0 saturated carbocycles. The van der Waals surface area contributed by atoms with Gasteiger partial charge in [-0.2, -0.15) is 9.40 Å². The summed E-state index contributed by atoms with van der Waals surface area (Å²) in [5, 5.41) is 14.7. The molecule has 0 amide bonds. The number of hydrogen-bond donors (Lipinski definition) is 0. The van der Waals surface area contributed by atoms with Gasteiger partial charge in [-0.3, -0.25) is 14.8 Å². The second-order valence-corrected chi connectivity index (χ2v) is 6.76. The summed E-state index contributed by atoms with van der Waals surface area (Å²) in [6.45, 7) is 2.83. The summed E-state index contributed by atoms with van der Waals surface area (Å²) in [5.74, 6) is 0. The first-order valence-electron chi connectivity index (χ1n) is 6.56. The average molecular weight is 324 g/mol. The van der Waals surface area contributed by atoms with Gasteiger partial charge in [0.1, 0.15) is 0 Å². The van der Waals surface area contributed by atoms with E-state index in [1.54, 1.807) is 17.1 Å². The number of aryl methyl sites for hydroxylation is 1. The Balaban J connectivity index is 2.19. The highest BCUT2D eigenvalue weighted by atomic mass is 32.2. The van der Waals surface area contributed by atoms with Crippen molar-refractivity contribution in [1.29, 1.82) is 0 Å². The highest BCUT2D eigenvalue weighted by molar-refractivity contribution is 7.89. The summed E-state index contributed by atoms with van der Waals surface area (Å²) < 4.78 is 27.7. The SMILES string of the molecule is CCn1cc(CN(C)S(=O)(=O)c2ccc([N+](=O)[O-])cc2)cn1. The van der Waals surface area contributed by atoms with Crippen LogP contribution < -0.4 is 0 Å². The summed E-state index contributed by atoms with van der Waals surface area (Å²) in [6, 6.07) is 4.82. The quantitative estimate of drug-likeness (QED) is 0.594. The van der Waals surface area contributed by atoms with E-state index in [2.05, 4.69) is 5.10 Å². The van der Waals surface area contributed by atoms with E-state index < -0.39 is 14.9 Å². The molecule has 0 unspecified atom stereocenters. The van der Waals surface area contributed by atoms with E-state index in [9.17, 15) is 18.5 Å². The second kappa shape index (κ2) is 6.24. The number of benzene rings is 1. The zero-order valence-electron chi connectivity index (χ0n) is 12.2. The minimum atomic E-state index is -3.70. The van der Waals surface area contributed by atoms with Gasteiger partial charge in [0.15, 0.2) is 0 Å². The van der Waals surface area contributed by atoms with Gasteiger partial charge >= 0.3 is 0 Å². The number of aromatic nitrogens is 2. The molecule has 0 atom stereocenters. The van der Waals surface area contributed by atoms with Crippen LogP contribution in [0.2, 0.25) is 0 Å². The molecule has 0 fully saturated rings. The van der Waals surface area contributed by atoms with Gasteiger partial charge in [-0.25, -0.2) is 8.42 Å². The van der Waals surface area contributed by atoms with Crippen molar-refractivity contribution in [3.63, 3.8) is 0 Å². The maximum Gasteiger partial charge on any atom is 0.269 e. The van der Waals surface area contributed by atoms with Crippen molar-refractivity contribution in [3.8, 4) is 0 Å². The fourth-order valence-corrected chi connectivity index (χ4v) is 3.08. The van der Waals surface area contributed by atoms with Gasteiger partial charge in [0.05, 0.1) is 16.0 Å². The third-order valence-electron chi connectivity index (χ3n) is 3.17. The Morgan fingerprint density at radius 2 is 1.95 bits per heavy atom. The van der Waals surface area contributed by atoms with Crippen LogP contribution in [0.1, 0.15) is 12.5 Å². The van der Waals surface area contributed by atoms with Crippen LogP contribution in [-0.4, -0.2) is 34.5 Å². The van der Waals surface area contributed by atoms with Crippen LogP contribution in [0.25, 0.3) is 0 Å². The molecule has 0 aliphatic rings. The minimum absolute atomic E-state index is 0.0171. The van der Waals surface area contributed by atoms with Gasteiger partial charge in [-0.15, -0.1) is 0 Å². The number of nitro groups is 1. The standard InChI is InChI=1S/C13H16N4O4S/c1-3-16-10-11(8-14-16)9-15(2)22(20,21)13-6-4-12(5-7-13)17(18)19/h4-8,10H,3,9H2,1-2H3. The Labute approximate surface area is 128 Å². The number of non-ortho nitro benzene ring substituents is 1. The molecule has 2 aromatic rings. The lowest BCUT2D eigenvalue weighted by Crippen LogP contribution is -2.26. The van der Waals surface area contributed by atoms with Crippen molar-refractivity contribution >= 4 is 15.7 Å². The molecule has 1 heterocycles. The van der Waals surface area contributed by atoms with E-state index in [-0.39, 0.29) is 17.1 Å². The normalized spacial score (nSPS) is 11.8. The Kier molecular flexibility index (Phi) is 4.57. The second-order valence-electron chi connectivity index (χ2n) is 4.72. The third-order valence-corrected chi connectivity index (χ3v) is 4.99. The molecule has 0 aliphatic carbocycles. The number of nitrogens with zero attached hydrogens (tertiary/aromatic N) is 4. The van der Waals surface area contributed by atoms with Crippen LogP contribution in [0.3, 0.4) is 0 Å². The molecule has 0 aliphatic heterocycles. The smallest absolute Gasteiger partial charge is 0.269 e. The minimum Gasteiger partial charge on any atom is -0.273 e. The van der Waals surface area contributed by atoms with Crippen molar-refractivity contribution in [2.45, 2.75) is 24.9 Å². The summed E-state index contributed by atoms with van der Waals surface area (Å²) in [4.78, 5) is 10.1. The maximum absolute atomic E-state index is 12.4. The van der Waals surface area contributed by atoms with Gasteiger partial charge in [0.2, 0.25) is 10.0 Å². The largest absolute Gasteiger partial charge is 0.273 e. The van der Waals surface area contributed by atoms with E-state index in [0.717, 1.165) is 5.56 Å². The first kappa shape index (κ1) is 16.1. The number of rotatable bonds is 6. The van der Waals surface area contributed by atoms with E-state index in [1.165, 1.54) is 35.6 Å². The molecule has 0 saturated heterocycles. The van der Waals surface area contributed by atoms with Gasteiger partial charge in [0.25, 0.3) is 5.69 Å². The van der Waals surface area contributed by atoms with Gasteiger partial charge in [-0.05, 0) is 19.1 Å². The lowest BCUT2D eigenvalue weighted by atomic mass is 10.3. The molecule has 8 nitrogen and oxygen atoms in total. The van der Waals surface area contributed by atoms with E-state index in [1.807, 2.05) is 6.92 Å². The van der Waals surface area contributed by atoms with Crippen molar-refractivity contribution in [1.82, 2.24) is 14.1 Å². The molecule has 0 bridgehead atoms. The van der Waals surface area contributed by atoms with E-state index in [0.29, 0.717) is 6.54 Å². The van der Waals surface area contributed by atoms with Gasteiger partial charge < -0.3 is 0 Å². The zero-order valence-corrected chi connectivity index (χ0v) is 13.0. The van der Waals surface area contributed by atoms with Gasteiger partial charge in [-0.1, -0.05) is 0 Å². The van der Waals surface area contributed by atoms with Crippen molar-refractivity contribution in [2.24, 2.45) is 0 Å². The predicted octanol–water partition coefficient (Wildman–Crippen LogP) is 1.63. The summed E-state index contributed by atoms with van der Waals surface area (Å²) in [6.07, 6.45) is 3.40. The molecule has 0 spiro atoms. The monoisotopic (exact) mass is 324 g/mol. The number of nitro benzene ring substituents is 1. The molecule has 0 radical (unpaired) electrons. The van der Waals surface area contributed by atoms with Crippen LogP contribution in [0.5, 0.6) is 0 Å². The summed E-state index contributed by atoms with van der Waals surface area (Å²) in [7, 11) is -2.25. The average Bonchev–Trinajstić information content (AvgIpc) is 2.95. The number of hydrogen-bond acceptors (Lipinski definition) is 5. The maximum atomic E-state index is 12.4. The van der Waals surface area contributed by atoms with E-state index in [4.69, 9.17) is 0 Å². The van der Waals surface area contributed by atoms with Crippen LogP contribution in [0, 0.1) is 10.1 Å². The Morgan fingerprint density at radius 3 is 2.45 bits per heavy atom. The molecular weight excluding hydrogens is 308 g/mol. The lowest BCUT2D eigenvalue weighted by Gasteiger charge is -2.16. The fourth-order valence-electron chi connectivity index (χ4n) is 1.92. The molecule has 9 heteroatoms. The highest BCUT2D eigenvalue weighted by Gasteiger charge is 2.22. The van der Waals surface area contributed by atoms with Crippen LogP contribution in [-0.2, 0) is 23.1 Å². The molecule has 1 aromatic carbocycles. The van der Waals surface area contributed by atoms with Crippen molar-refractivity contribution in [3.05, 3.63) is 52.3 Å². The topological polar surface area (TPSA) is 98.3 Å². The van der Waals surface area contributed by atoms with Crippen LogP contribution in [0.4, 0.5) is 5.69 Å². The third kappa shape index (κ3) is 3.31. The lowest BCUT2D eigenvalue weighted by molar-refractivity contribution is -0.384. The van der Waals surface area contributed by atoms with Crippen molar-refractivity contribution < 1.29 is 13.3 Å².